The van der Waals surface area contributed by atoms with Crippen molar-refractivity contribution in [1.29, 1.82) is 0 Å². The van der Waals surface area contributed by atoms with E-state index >= 15 is 0 Å². The summed E-state index contributed by atoms with van der Waals surface area (Å²) in [7, 11) is 0. The normalized spacial score (nSPS) is 12.9. The molecule has 0 aliphatic rings. The SMILES string of the molecule is CC(C)(C)c1cc(Oc2cc(-n3c4ncccc4n4c5ccccc5nc34)ccc2C(C)(C)C)cc(-c2cc3oc4cccc5oc(n2)c3c45)c1. The van der Waals surface area contributed by atoms with Gasteiger partial charge in [0.15, 0.2) is 5.65 Å². The summed E-state index contributed by atoms with van der Waals surface area (Å²) in [5, 5.41) is 1.90. The molecule has 10 aromatic rings. The first kappa shape index (κ1) is 29.7. The fraction of sp³-hybridized carbons (Fsp3) is 0.186. The summed E-state index contributed by atoms with van der Waals surface area (Å²) >= 11 is 0. The Labute approximate surface area is 293 Å². The number of hydrogen-bond donors (Lipinski definition) is 0. The summed E-state index contributed by atoms with van der Waals surface area (Å²) in [5.74, 6) is 2.28. The number of furan rings is 2. The smallest absolute Gasteiger partial charge is 0.231 e. The van der Waals surface area contributed by atoms with Gasteiger partial charge in [-0.1, -0.05) is 65.8 Å². The van der Waals surface area contributed by atoms with Gasteiger partial charge in [-0.25, -0.2) is 15.0 Å². The van der Waals surface area contributed by atoms with Crippen LogP contribution in [0.3, 0.4) is 0 Å². The van der Waals surface area contributed by atoms with Gasteiger partial charge in [-0.05, 0) is 77.1 Å². The first-order valence-electron chi connectivity index (χ1n) is 17.3. The van der Waals surface area contributed by atoms with Crippen LogP contribution in [-0.4, -0.2) is 23.9 Å². The van der Waals surface area contributed by atoms with Crippen molar-refractivity contribution < 1.29 is 13.6 Å². The molecule has 0 bridgehead atoms. The second-order valence-corrected chi connectivity index (χ2v) is 15.5. The number of nitrogens with zero attached hydrogens (tertiary/aromatic N) is 5. The van der Waals surface area contributed by atoms with Crippen LogP contribution in [0.5, 0.6) is 11.5 Å². The Hall–Kier alpha value is -6.15. The summed E-state index contributed by atoms with van der Waals surface area (Å²) in [4.78, 5) is 14.9. The van der Waals surface area contributed by atoms with Gasteiger partial charge in [0.1, 0.15) is 28.2 Å². The van der Waals surface area contributed by atoms with E-state index in [4.69, 9.17) is 28.5 Å². The minimum atomic E-state index is -0.194. The monoisotopic (exact) mass is 669 g/mol. The average molecular weight is 670 g/mol. The van der Waals surface area contributed by atoms with E-state index in [1.807, 2.05) is 54.7 Å². The second-order valence-electron chi connectivity index (χ2n) is 15.5. The minimum absolute atomic E-state index is 0.156. The number of fused-ring (bicyclic) bond motifs is 5. The minimum Gasteiger partial charge on any atom is -0.457 e. The molecular formula is C43H35N5O3. The van der Waals surface area contributed by atoms with Crippen molar-refractivity contribution in [2.45, 2.75) is 52.4 Å². The van der Waals surface area contributed by atoms with Crippen molar-refractivity contribution in [3.63, 3.8) is 0 Å². The van der Waals surface area contributed by atoms with Crippen LogP contribution in [-0.2, 0) is 10.8 Å². The highest BCUT2D eigenvalue weighted by atomic mass is 16.5. The molecule has 0 radical (unpaired) electrons. The largest absolute Gasteiger partial charge is 0.457 e. The predicted molar refractivity (Wildman–Crippen MR) is 203 cm³/mol. The number of imidazole rings is 2. The summed E-state index contributed by atoms with van der Waals surface area (Å²) in [6, 6.07) is 32.9. The third-order valence-electron chi connectivity index (χ3n) is 9.90. The Morgan fingerprint density at radius 1 is 0.667 bits per heavy atom. The van der Waals surface area contributed by atoms with Gasteiger partial charge in [0.25, 0.3) is 0 Å². The quantitative estimate of drug-likeness (QED) is 0.185. The number of rotatable bonds is 4. The maximum absolute atomic E-state index is 7.00. The van der Waals surface area contributed by atoms with Crippen molar-refractivity contribution in [3.8, 4) is 28.4 Å². The molecule has 250 valence electrons. The van der Waals surface area contributed by atoms with Gasteiger partial charge >= 0.3 is 0 Å². The fourth-order valence-electron chi connectivity index (χ4n) is 7.37. The van der Waals surface area contributed by atoms with Gasteiger partial charge in [0.2, 0.25) is 11.5 Å². The molecular weight excluding hydrogens is 635 g/mol. The molecule has 10 rings (SSSR count). The van der Waals surface area contributed by atoms with Gasteiger partial charge in [-0.2, -0.15) is 0 Å². The number of pyridine rings is 2. The number of aromatic nitrogens is 5. The molecule has 0 aliphatic heterocycles. The van der Waals surface area contributed by atoms with Crippen LogP contribution in [0.4, 0.5) is 0 Å². The van der Waals surface area contributed by atoms with E-state index in [-0.39, 0.29) is 10.8 Å². The van der Waals surface area contributed by atoms with Crippen molar-refractivity contribution in [3.05, 3.63) is 114 Å². The molecule has 0 N–H and O–H groups in total. The molecule has 0 aliphatic carbocycles. The van der Waals surface area contributed by atoms with Crippen molar-refractivity contribution in [1.82, 2.24) is 23.9 Å². The molecule has 0 amide bonds. The fourth-order valence-corrected chi connectivity index (χ4v) is 7.37. The molecule has 0 saturated heterocycles. The Kier molecular flexibility index (Phi) is 5.95. The van der Waals surface area contributed by atoms with E-state index in [1.54, 1.807) is 0 Å². The number of benzene rings is 4. The zero-order chi connectivity index (χ0) is 34.8. The van der Waals surface area contributed by atoms with E-state index in [0.717, 1.165) is 95.1 Å². The zero-order valence-electron chi connectivity index (χ0n) is 29.3. The van der Waals surface area contributed by atoms with Crippen molar-refractivity contribution in [2.75, 3.05) is 0 Å². The lowest BCUT2D eigenvalue weighted by atomic mass is 9.85. The molecule has 6 heterocycles. The molecule has 8 heteroatoms. The third-order valence-corrected chi connectivity index (χ3v) is 9.90. The Bertz CT molecular complexity index is 2920. The molecule has 8 nitrogen and oxygen atoms in total. The Morgan fingerprint density at radius 3 is 2.29 bits per heavy atom. The van der Waals surface area contributed by atoms with Crippen LogP contribution in [0.2, 0.25) is 0 Å². The van der Waals surface area contributed by atoms with E-state index in [9.17, 15) is 0 Å². The zero-order valence-corrected chi connectivity index (χ0v) is 29.3. The maximum Gasteiger partial charge on any atom is 0.231 e. The van der Waals surface area contributed by atoms with Gasteiger partial charge in [-0.3, -0.25) is 8.97 Å². The molecule has 0 spiro atoms. The highest BCUT2D eigenvalue weighted by Gasteiger charge is 2.25. The van der Waals surface area contributed by atoms with E-state index < -0.39 is 0 Å². The molecule has 0 fully saturated rings. The van der Waals surface area contributed by atoms with Gasteiger partial charge in [-0.15, -0.1) is 0 Å². The van der Waals surface area contributed by atoms with E-state index in [0.29, 0.717) is 5.71 Å². The molecule has 51 heavy (non-hydrogen) atoms. The second kappa shape index (κ2) is 10.2. The van der Waals surface area contributed by atoms with Crippen LogP contribution in [0.15, 0.2) is 112 Å². The number of hydrogen-bond acceptors (Lipinski definition) is 6. The Balaban J connectivity index is 1.15. The standard InChI is InChI=1S/C43H35N5O3/c1-42(2,3)25-19-24(30-23-36-38-37-33(50-36)14-9-15-34(37)51-40(38)45-30)20-27(21-25)49-35-22-26(16-17-28(35)43(4,5)6)47-39-32(13-10-18-44-39)48-31-12-8-7-11-29(31)46-41(47)48/h7-23H,1-6H3. The first-order chi connectivity index (χ1) is 24.5. The number of ether oxygens (including phenoxy) is 1. The lowest BCUT2D eigenvalue weighted by Crippen LogP contribution is -2.14. The van der Waals surface area contributed by atoms with Gasteiger partial charge < -0.3 is 13.6 Å². The van der Waals surface area contributed by atoms with Crippen LogP contribution in [0.25, 0.3) is 78.2 Å². The lowest BCUT2D eigenvalue weighted by Gasteiger charge is -2.25. The number of para-hydroxylation sites is 2. The van der Waals surface area contributed by atoms with Crippen molar-refractivity contribution in [2.24, 2.45) is 0 Å². The van der Waals surface area contributed by atoms with Crippen molar-refractivity contribution >= 4 is 61.2 Å². The van der Waals surface area contributed by atoms with Crippen LogP contribution < -0.4 is 4.74 Å². The summed E-state index contributed by atoms with van der Waals surface area (Å²) in [6.45, 7) is 13.2. The highest BCUT2D eigenvalue weighted by Crippen LogP contribution is 2.43. The average Bonchev–Trinajstić information content (AvgIpc) is 3.85. The first-order valence-corrected chi connectivity index (χ1v) is 17.3. The molecule has 4 aromatic carbocycles. The third kappa shape index (κ3) is 4.49. The van der Waals surface area contributed by atoms with E-state index in [1.165, 1.54) is 0 Å². The summed E-state index contributed by atoms with van der Waals surface area (Å²) < 4.78 is 23.8. The topological polar surface area (TPSA) is 83.5 Å². The summed E-state index contributed by atoms with van der Waals surface area (Å²) in [5.41, 5.74) is 11.1. The van der Waals surface area contributed by atoms with Gasteiger partial charge in [0, 0.05) is 29.5 Å². The van der Waals surface area contributed by atoms with Crippen LogP contribution in [0.1, 0.15) is 52.7 Å². The lowest BCUT2D eigenvalue weighted by molar-refractivity contribution is 0.453. The van der Waals surface area contributed by atoms with Gasteiger partial charge in [0.05, 0.1) is 38.7 Å². The molecule has 0 unspecified atom stereocenters. The van der Waals surface area contributed by atoms with Crippen LogP contribution >= 0.6 is 0 Å². The molecule has 0 saturated carbocycles. The highest BCUT2D eigenvalue weighted by molar-refractivity contribution is 6.19. The maximum atomic E-state index is 7.00. The van der Waals surface area contributed by atoms with Crippen LogP contribution in [0, 0.1) is 0 Å². The van der Waals surface area contributed by atoms with E-state index in [2.05, 4.69) is 99.0 Å². The Morgan fingerprint density at radius 2 is 1.47 bits per heavy atom. The molecule has 6 aromatic heterocycles. The summed E-state index contributed by atoms with van der Waals surface area (Å²) in [6.07, 6.45) is 1.83. The predicted octanol–water partition coefficient (Wildman–Crippen LogP) is 11.4. The molecule has 0 atom stereocenters.